The summed E-state index contributed by atoms with van der Waals surface area (Å²) < 4.78 is 0. The highest BCUT2D eigenvalue weighted by Crippen LogP contribution is 2.39. The van der Waals surface area contributed by atoms with E-state index in [0.29, 0.717) is 0 Å². The third-order valence-electron chi connectivity index (χ3n) is 3.98. The largest absolute Gasteiger partial charge is 0.0882 e. The van der Waals surface area contributed by atoms with Crippen molar-refractivity contribution in [1.82, 2.24) is 0 Å². The van der Waals surface area contributed by atoms with Crippen molar-refractivity contribution in [2.75, 3.05) is 0 Å². The number of hydrogen-bond donors (Lipinski definition) is 0. The molecule has 1 fully saturated rings. The van der Waals surface area contributed by atoms with Gasteiger partial charge in [-0.3, -0.25) is 0 Å². The van der Waals surface area contributed by atoms with Crippen LogP contribution in [0.15, 0.2) is 11.6 Å². The number of allylic oxidation sites excluding steroid dienone is 2. The minimum atomic E-state index is 0.896. The fraction of sp³-hybridized carbons (Fsp3) is 0.857. The summed E-state index contributed by atoms with van der Waals surface area (Å²) in [4.78, 5) is 0. The van der Waals surface area contributed by atoms with Crippen molar-refractivity contribution < 1.29 is 0 Å². The van der Waals surface area contributed by atoms with Crippen molar-refractivity contribution in [3.8, 4) is 0 Å². The second kappa shape index (κ2) is 5.58. The van der Waals surface area contributed by atoms with Crippen LogP contribution in [0.1, 0.15) is 59.8 Å². The van der Waals surface area contributed by atoms with Gasteiger partial charge in [0.2, 0.25) is 0 Å². The molecular formula is C14H26. The highest BCUT2D eigenvalue weighted by molar-refractivity contribution is 5.11. The average Bonchev–Trinajstić information content (AvgIpc) is 3.01. The predicted molar refractivity (Wildman–Crippen MR) is 64.3 cm³/mol. The smallest absolute Gasteiger partial charge is 0.0203 e. The summed E-state index contributed by atoms with van der Waals surface area (Å²) in [6.07, 6.45) is 9.35. The van der Waals surface area contributed by atoms with Crippen molar-refractivity contribution in [3.63, 3.8) is 0 Å². The zero-order valence-corrected chi connectivity index (χ0v) is 10.3. The van der Waals surface area contributed by atoms with E-state index < -0.39 is 0 Å². The molecule has 0 heteroatoms. The number of hydrogen-bond acceptors (Lipinski definition) is 0. The molecule has 0 saturated heterocycles. The van der Waals surface area contributed by atoms with Gasteiger partial charge in [-0.25, -0.2) is 0 Å². The molecule has 0 aromatic rings. The molecule has 0 spiro atoms. The standard InChI is InChI=1S/C14H26/c1-5-11(3)12(4)7-8-13(6-2)14-9-10-14/h6,11-12,14H,5,7-10H2,1-4H3. The Morgan fingerprint density at radius 2 is 1.93 bits per heavy atom. The van der Waals surface area contributed by atoms with Crippen LogP contribution in [0.25, 0.3) is 0 Å². The van der Waals surface area contributed by atoms with Crippen LogP contribution in [-0.4, -0.2) is 0 Å². The van der Waals surface area contributed by atoms with Gasteiger partial charge in [0, 0.05) is 0 Å². The van der Waals surface area contributed by atoms with E-state index in [-0.39, 0.29) is 0 Å². The molecule has 0 N–H and O–H groups in total. The minimum absolute atomic E-state index is 0.896. The second-order valence-corrected chi connectivity index (χ2v) is 5.04. The maximum absolute atomic E-state index is 2.41. The first-order valence-electron chi connectivity index (χ1n) is 6.34. The van der Waals surface area contributed by atoms with Crippen LogP contribution >= 0.6 is 0 Å². The summed E-state index contributed by atoms with van der Waals surface area (Å²) in [5, 5.41) is 0. The first-order chi connectivity index (χ1) is 6.69. The van der Waals surface area contributed by atoms with Gasteiger partial charge < -0.3 is 0 Å². The van der Waals surface area contributed by atoms with Crippen molar-refractivity contribution in [2.45, 2.75) is 59.8 Å². The molecule has 2 unspecified atom stereocenters. The third-order valence-corrected chi connectivity index (χ3v) is 3.98. The second-order valence-electron chi connectivity index (χ2n) is 5.04. The molecule has 0 aromatic carbocycles. The van der Waals surface area contributed by atoms with Gasteiger partial charge in [0.15, 0.2) is 0 Å². The quantitative estimate of drug-likeness (QED) is 0.532. The van der Waals surface area contributed by atoms with Crippen molar-refractivity contribution in [2.24, 2.45) is 17.8 Å². The third kappa shape index (κ3) is 3.48. The van der Waals surface area contributed by atoms with E-state index in [1.165, 1.54) is 32.1 Å². The zero-order chi connectivity index (χ0) is 10.6. The van der Waals surface area contributed by atoms with Gasteiger partial charge in [0.1, 0.15) is 0 Å². The van der Waals surface area contributed by atoms with E-state index in [2.05, 4.69) is 33.8 Å². The monoisotopic (exact) mass is 194 g/mol. The Balaban J connectivity index is 2.24. The fourth-order valence-corrected chi connectivity index (χ4v) is 2.12. The van der Waals surface area contributed by atoms with Gasteiger partial charge in [0.25, 0.3) is 0 Å². The highest BCUT2D eigenvalue weighted by Gasteiger charge is 2.25. The lowest BCUT2D eigenvalue weighted by atomic mass is 9.87. The Morgan fingerprint density at radius 3 is 2.36 bits per heavy atom. The molecule has 0 bridgehead atoms. The van der Waals surface area contributed by atoms with Gasteiger partial charge >= 0.3 is 0 Å². The van der Waals surface area contributed by atoms with Crippen LogP contribution in [0.4, 0.5) is 0 Å². The molecule has 0 amide bonds. The summed E-state index contributed by atoms with van der Waals surface area (Å²) in [5.41, 5.74) is 1.74. The summed E-state index contributed by atoms with van der Waals surface area (Å²) in [6, 6.07) is 0. The first-order valence-corrected chi connectivity index (χ1v) is 6.34. The molecule has 2 atom stereocenters. The molecule has 0 radical (unpaired) electrons. The van der Waals surface area contributed by atoms with E-state index in [4.69, 9.17) is 0 Å². The van der Waals surface area contributed by atoms with E-state index in [0.717, 1.165) is 17.8 Å². The maximum atomic E-state index is 2.41. The fourth-order valence-electron chi connectivity index (χ4n) is 2.12. The lowest BCUT2D eigenvalue weighted by Gasteiger charge is -2.18. The summed E-state index contributed by atoms with van der Waals surface area (Å²) in [7, 11) is 0. The maximum Gasteiger partial charge on any atom is -0.0203 e. The Hall–Kier alpha value is -0.260. The van der Waals surface area contributed by atoms with E-state index in [1.54, 1.807) is 5.57 Å². The molecule has 1 rings (SSSR count). The van der Waals surface area contributed by atoms with Gasteiger partial charge in [-0.05, 0) is 50.4 Å². The lowest BCUT2D eigenvalue weighted by Crippen LogP contribution is -2.07. The SMILES string of the molecule is CC=C(CCC(C)C(C)CC)C1CC1. The van der Waals surface area contributed by atoms with Crippen molar-refractivity contribution >= 4 is 0 Å². The Labute approximate surface area is 89.8 Å². The van der Waals surface area contributed by atoms with Gasteiger partial charge in [-0.15, -0.1) is 0 Å². The van der Waals surface area contributed by atoms with E-state index in [1.807, 2.05) is 0 Å². The molecule has 1 aliphatic rings. The van der Waals surface area contributed by atoms with Crippen molar-refractivity contribution in [3.05, 3.63) is 11.6 Å². The molecule has 0 aliphatic heterocycles. The van der Waals surface area contributed by atoms with Crippen LogP contribution in [0, 0.1) is 17.8 Å². The van der Waals surface area contributed by atoms with E-state index >= 15 is 0 Å². The summed E-state index contributed by atoms with van der Waals surface area (Å²) in [5.74, 6) is 2.77. The van der Waals surface area contributed by atoms with Crippen LogP contribution in [0.5, 0.6) is 0 Å². The molecule has 82 valence electrons. The number of rotatable bonds is 6. The molecule has 14 heavy (non-hydrogen) atoms. The molecule has 0 heterocycles. The first kappa shape index (κ1) is 11.8. The molecule has 1 saturated carbocycles. The minimum Gasteiger partial charge on any atom is -0.0882 e. The Bertz CT molecular complexity index is 186. The van der Waals surface area contributed by atoms with Crippen LogP contribution in [0.3, 0.4) is 0 Å². The lowest BCUT2D eigenvalue weighted by molar-refractivity contribution is 0.353. The van der Waals surface area contributed by atoms with E-state index in [9.17, 15) is 0 Å². The van der Waals surface area contributed by atoms with Crippen LogP contribution in [-0.2, 0) is 0 Å². The highest BCUT2D eigenvalue weighted by atomic mass is 14.3. The van der Waals surface area contributed by atoms with Gasteiger partial charge in [-0.1, -0.05) is 38.8 Å². The zero-order valence-electron chi connectivity index (χ0n) is 10.3. The van der Waals surface area contributed by atoms with Gasteiger partial charge in [0.05, 0.1) is 0 Å². The van der Waals surface area contributed by atoms with Crippen molar-refractivity contribution in [1.29, 1.82) is 0 Å². The predicted octanol–water partition coefficient (Wildman–Crippen LogP) is 4.81. The molecular weight excluding hydrogens is 168 g/mol. The Kier molecular flexibility index (Phi) is 4.71. The van der Waals surface area contributed by atoms with Crippen LogP contribution < -0.4 is 0 Å². The topological polar surface area (TPSA) is 0 Å². The summed E-state index contributed by atoms with van der Waals surface area (Å²) in [6.45, 7) is 9.31. The Morgan fingerprint density at radius 1 is 1.29 bits per heavy atom. The molecule has 0 nitrogen and oxygen atoms in total. The molecule has 1 aliphatic carbocycles. The average molecular weight is 194 g/mol. The normalized spacial score (nSPS) is 22.1. The van der Waals surface area contributed by atoms with Crippen LogP contribution in [0.2, 0.25) is 0 Å². The summed E-state index contributed by atoms with van der Waals surface area (Å²) >= 11 is 0. The van der Waals surface area contributed by atoms with Gasteiger partial charge in [-0.2, -0.15) is 0 Å². The molecule has 0 aromatic heterocycles.